The first-order valence-corrected chi connectivity index (χ1v) is 13.8. The summed E-state index contributed by atoms with van der Waals surface area (Å²) < 4.78 is 0. The second-order valence-corrected chi connectivity index (χ2v) is 10.5. The molecule has 3 aromatic rings. The normalized spacial score (nSPS) is 19.5. The highest BCUT2D eigenvalue weighted by molar-refractivity contribution is 6.34. The van der Waals surface area contributed by atoms with Crippen LogP contribution >= 0.6 is 11.6 Å². The Labute approximate surface area is 230 Å². The molecule has 7 heteroatoms. The number of nitrogens with zero attached hydrogens (tertiary/aromatic N) is 3. The lowest BCUT2D eigenvalue weighted by molar-refractivity contribution is -0.122. The molecule has 2 aliphatic rings. The number of carbonyl (C=O) groups is 2. The van der Waals surface area contributed by atoms with E-state index in [9.17, 15) is 9.59 Å². The largest absolute Gasteiger partial charge is 0.372 e. The fourth-order valence-electron chi connectivity index (χ4n) is 5.68. The molecule has 1 fully saturated rings. The molecule has 1 amide bonds. The standard InChI is InChI=1S/C31H35ClN4O2/c1-4-34(5-2)25-13-11-23(12-14-25)31(3)29(37)28-26(35-17-15-33-16-18-35)19-24(32)20-27(28)36(30(31)38)21-22-9-7-6-8-10-22/h6-14,19-20,33H,4-5,15-18,21H2,1-3H3. The zero-order valence-corrected chi connectivity index (χ0v) is 23.1. The van der Waals surface area contributed by atoms with Gasteiger partial charge in [0.25, 0.3) is 0 Å². The van der Waals surface area contributed by atoms with E-state index in [-0.39, 0.29) is 11.7 Å². The fraction of sp³-hybridized carbons (Fsp3) is 0.355. The van der Waals surface area contributed by atoms with Crippen LogP contribution in [0.2, 0.25) is 5.02 Å². The molecule has 1 N–H and O–H groups in total. The minimum absolute atomic E-state index is 0.178. The highest BCUT2D eigenvalue weighted by atomic mass is 35.5. The van der Waals surface area contributed by atoms with Crippen LogP contribution in [0.3, 0.4) is 0 Å². The summed E-state index contributed by atoms with van der Waals surface area (Å²) in [5.41, 5.74) is 3.37. The van der Waals surface area contributed by atoms with Gasteiger partial charge < -0.3 is 20.0 Å². The van der Waals surface area contributed by atoms with Crippen LogP contribution in [0.5, 0.6) is 0 Å². The van der Waals surface area contributed by atoms with Crippen LogP contribution in [0.25, 0.3) is 0 Å². The Bertz CT molecular complexity index is 1320. The number of rotatable bonds is 7. The Balaban J connectivity index is 1.67. The van der Waals surface area contributed by atoms with Crippen LogP contribution in [-0.2, 0) is 16.8 Å². The van der Waals surface area contributed by atoms with Crippen molar-refractivity contribution in [3.8, 4) is 0 Å². The van der Waals surface area contributed by atoms with E-state index in [0.29, 0.717) is 28.4 Å². The van der Waals surface area contributed by atoms with Crippen molar-refractivity contribution in [2.45, 2.75) is 32.7 Å². The Kier molecular flexibility index (Phi) is 7.46. The summed E-state index contributed by atoms with van der Waals surface area (Å²) in [6, 6.07) is 21.5. The lowest BCUT2D eigenvalue weighted by atomic mass is 9.71. The third-order valence-corrected chi connectivity index (χ3v) is 8.14. The van der Waals surface area contributed by atoms with Crippen LogP contribution in [0, 0.1) is 0 Å². The SMILES string of the molecule is CCN(CC)c1ccc(C2(C)C(=O)c3c(N4CCNCC4)cc(Cl)cc3N(Cc3ccccc3)C2=O)cc1. The number of hydrogen-bond acceptors (Lipinski definition) is 5. The molecule has 3 aromatic carbocycles. The summed E-state index contributed by atoms with van der Waals surface area (Å²) in [4.78, 5) is 35.1. The summed E-state index contributed by atoms with van der Waals surface area (Å²) in [5.74, 6) is -0.412. The average Bonchev–Trinajstić information content (AvgIpc) is 2.95. The van der Waals surface area contributed by atoms with Crippen molar-refractivity contribution in [2.24, 2.45) is 0 Å². The van der Waals surface area contributed by atoms with Crippen molar-refractivity contribution in [1.82, 2.24) is 5.32 Å². The molecule has 38 heavy (non-hydrogen) atoms. The van der Waals surface area contributed by atoms with E-state index in [1.807, 2.05) is 60.7 Å². The Morgan fingerprint density at radius 1 is 0.921 bits per heavy atom. The van der Waals surface area contributed by atoms with E-state index in [4.69, 9.17) is 11.6 Å². The van der Waals surface area contributed by atoms with Crippen LogP contribution in [-0.4, -0.2) is 51.0 Å². The first-order valence-electron chi connectivity index (χ1n) is 13.4. The van der Waals surface area contributed by atoms with E-state index in [1.165, 1.54) is 0 Å². The van der Waals surface area contributed by atoms with Crippen LogP contribution in [0.1, 0.15) is 42.3 Å². The molecular weight excluding hydrogens is 496 g/mol. The summed E-state index contributed by atoms with van der Waals surface area (Å²) in [6.45, 7) is 11.3. The van der Waals surface area contributed by atoms with Gasteiger partial charge in [-0.1, -0.05) is 54.1 Å². The Morgan fingerprint density at radius 2 is 1.55 bits per heavy atom. The summed E-state index contributed by atoms with van der Waals surface area (Å²) in [6.07, 6.45) is 0. The second kappa shape index (κ2) is 10.8. The van der Waals surface area contributed by atoms with Crippen molar-refractivity contribution < 1.29 is 9.59 Å². The van der Waals surface area contributed by atoms with Gasteiger partial charge in [-0.25, -0.2) is 0 Å². The van der Waals surface area contributed by atoms with Crippen molar-refractivity contribution in [3.05, 3.63) is 88.4 Å². The van der Waals surface area contributed by atoms with Gasteiger partial charge in [-0.05, 0) is 56.2 Å². The lowest BCUT2D eigenvalue weighted by Crippen LogP contribution is -2.55. The predicted octanol–water partition coefficient (Wildman–Crippen LogP) is 5.28. The zero-order valence-electron chi connectivity index (χ0n) is 22.3. The number of piperazine rings is 1. The number of anilines is 3. The Hall–Kier alpha value is -3.35. The number of nitrogens with one attached hydrogen (secondary N) is 1. The van der Waals surface area contributed by atoms with Crippen LogP contribution in [0.4, 0.5) is 17.1 Å². The van der Waals surface area contributed by atoms with Gasteiger partial charge in [0.05, 0.1) is 23.5 Å². The lowest BCUT2D eigenvalue weighted by Gasteiger charge is -2.42. The van der Waals surface area contributed by atoms with Gasteiger partial charge in [-0.2, -0.15) is 0 Å². The number of halogens is 1. The molecule has 6 nitrogen and oxygen atoms in total. The molecule has 1 saturated heterocycles. The topological polar surface area (TPSA) is 55.9 Å². The maximum absolute atomic E-state index is 14.5. The number of hydrogen-bond donors (Lipinski definition) is 1. The monoisotopic (exact) mass is 530 g/mol. The van der Waals surface area contributed by atoms with E-state index in [1.54, 1.807) is 17.9 Å². The summed E-state index contributed by atoms with van der Waals surface area (Å²) >= 11 is 6.63. The number of Topliss-reactive ketones (excluding diaryl/α,β-unsaturated/α-hetero) is 1. The van der Waals surface area contributed by atoms with Gasteiger partial charge in [0, 0.05) is 50.0 Å². The molecule has 1 unspecified atom stereocenters. The molecule has 0 aliphatic carbocycles. The van der Waals surface area contributed by atoms with Gasteiger partial charge in [-0.15, -0.1) is 0 Å². The molecule has 0 radical (unpaired) electrons. The van der Waals surface area contributed by atoms with Crippen LogP contribution < -0.4 is 20.0 Å². The predicted molar refractivity (Wildman–Crippen MR) is 156 cm³/mol. The van der Waals surface area contributed by atoms with Gasteiger partial charge in [0.15, 0.2) is 5.78 Å². The number of fused-ring (bicyclic) bond motifs is 1. The molecule has 2 aliphatic heterocycles. The molecule has 0 bridgehead atoms. The fourth-order valence-corrected chi connectivity index (χ4v) is 5.88. The number of carbonyl (C=O) groups excluding carboxylic acids is 2. The van der Waals surface area contributed by atoms with Gasteiger partial charge in [0.1, 0.15) is 5.41 Å². The summed E-state index contributed by atoms with van der Waals surface area (Å²) in [7, 11) is 0. The minimum Gasteiger partial charge on any atom is -0.372 e. The maximum atomic E-state index is 14.5. The summed E-state index contributed by atoms with van der Waals surface area (Å²) in [5, 5.41) is 3.89. The molecule has 0 spiro atoms. The molecule has 2 heterocycles. The average molecular weight is 531 g/mol. The molecule has 1 atom stereocenters. The number of amides is 1. The van der Waals surface area contributed by atoms with E-state index >= 15 is 0 Å². The zero-order chi connectivity index (χ0) is 26.9. The van der Waals surface area contributed by atoms with Crippen molar-refractivity contribution in [2.75, 3.05) is 54.0 Å². The van der Waals surface area contributed by atoms with Crippen molar-refractivity contribution >= 4 is 40.4 Å². The van der Waals surface area contributed by atoms with E-state index < -0.39 is 5.41 Å². The molecular formula is C31H35ClN4O2. The van der Waals surface area contributed by atoms with Gasteiger partial charge in [-0.3, -0.25) is 9.59 Å². The molecule has 198 valence electrons. The minimum atomic E-state index is -1.36. The van der Waals surface area contributed by atoms with E-state index in [2.05, 4.69) is 29.0 Å². The first-order chi connectivity index (χ1) is 18.4. The molecule has 5 rings (SSSR count). The molecule has 0 aromatic heterocycles. The maximum Gasteiger partial charge on any atom is 0.245 e. The third-order valence-electron chi connectivity index (χ3n) is 7.92. The van der Waals surface area contributed by atoms with Gasteiger partial charge in [0.2, 0.25) is 5.91 Å². The van der Waals surface area contributed by atoms with Crippen molar-refractivity contribution in [1.29, 1.82) is 0 Å². The van der Waals surface area contributed by atoms with Crippen LogP contribution in [0.15, 0.2) is 66.7 Å². The van der Waals surface area contributed by atoms with Gasteiger partial charge >= 0.3 is 0 Å². The highest BCUT2D eigenvalue weighted by Gasteiger charge is 2.52. The highest BCUT2D eigenvalue weighted by Crippen LogP contribution is 2.46. The second-order valence-electron chi connectivity index (χ2n) is 10.1. The third kappa shape index (κ3) is 4.56. The quantitative estimate of drug-likeness (QED) is 0.421. The number of ketones is 1. The first kappa shape index (κ1) is 26.3. The number of benzene rings is 3. The molecule has 0 saturated carbocycles. The smallest absolute Gasteiger partial charge is 0.245 e. The Morgan fingerprint density at radius 3 is 2.18 bits per heavy atom. The van der Waals surface area contributed by atoms with E-state index in [0.717, 1.165) is 56.2 Å². The van der Waals surface area contributed by atoms with Crippen molar-refractivity contribution in [3.63, 3.8) is 0 Å².